The van der Waals surface area contributed by atoms with E-state index in [1.165, 1.54) is 16.7 Å². The van der Waals surface area contributed by atoms with Crippen LogP contribution in [0, 0.1) is 0 Å². The Morgan fingerprint density at radius 2 is 1.96 bits per heavy atom. The van der Waals surface area contributed by atoms with E-state index in [2.05, 4.69) is 21.2 Å². The number of benzene rings is 2. The molecule has 1 aliphatic rings. The molecule has 0 spiro atoms. The summed E-state index contributed by atoms with van der Waals surface area (Å²) in [5, 5.41) is 2.76. The third-order valence-electron chi connectivity index (χ3n) is 3.38. The number of rotatable bonds is 4. The molecular weight excluding hydrogens is 420 g/mol. The number of halogens is 1. The van der Waals surface area contributed by atoms with Gasteiger partial charge in [-0.2, -0.15) is 0 Å². The van der Waals surface area contributed by atoms with Crippen LogP contribution >= 0.6 is 39.9 Å². The second-order valence-electron chi connectivity index (χ2n) is 5.24. The average molecular weight is 433 g/mol. The van der Waals surface area contributed by atoms with Crippen LogP contribution in [0.25, 0.3) is 6.08 Å². The Morgan fingerprint density at radius 1 is 1.20 bits per heavy atom. The molecule has 0 saturated carbocycles. The number of anilines is 1. The minimum Gasteiger partial charge on any atom is -0.324 e. The second-order valence-corrected chi connectivity index (χ2v) is 7.83. The molecule has 0 unspecified atom stereocenters. The molecule has 0 aromatic heterocycles. The molecule has 4 nitrogen and oxygen atoms in total. The summed E-state index contributed by atoms with van der Waals surface area (Å²) < 4.78 is 1.25. The first-order chi connectivity index (χ1) is 12.0. The van der Waals surface area contributed by atoms with E-state index in [0.717, 1.165) is 10.0 Å². The van der Waals surface area contributed by atoms with E-state index >= 15 is 0 Å². The fourth-order valence-corrected chi connectivity index (χ4v) is 3.90. The minimum absolute atomic E-state index is 0.108. The lowest BCUT2D eigenvalue weighted by Gasteiger charge is -2.14. The van der Waals surface area contributed by atoms with E-state index in [-0.39, 0.29) is 18.4 Å². The third kappa shape index (κ3) is 4.56. The maximum Gasteiger partial charge on any atom is 0.266 e. The van der Waals surface area contributed by atoms with Gasteiger partial charge in [0.1, 0.15) is 10.9 Å². The summed E-state index contributed by atoms with van der Waals surface area (Å²) >= 11 is 9.81. The lowest BCUT2D eigenvalue weighted by atomic mass is 10.2. The van der Waals surface area contributed by atoms with Crippen LogP contribution in [0.4, 0.5) is 5.69 Å². The molecule has 2 amide bonds. The monoisotopic (exact) mass is 432 g/mol. The molecule has 2 aromatic carbocycles. The SMILES string of the molecule is O=C(CN1C(=O)/C(=C\c2ccccc2)SC1=S)Nc1cccc(Br)c1. The number of hydrogen-bond donors (Lipinski definition) is 1. The molecule has 1 aliphatic heterocycles. The summed E-state index contributed by atoms with van der Waals surface area (Å²) in [6, 6.07) is 16.8. The van der Waals surface area contributed by atoms with Crippen LogP contribution in [-0.2, 0) is 9.59 Å². The maximum absolute atomic E-state index is 12.5. The maximum atomic E-state index is 12.5. The normalized spacial score (nSPS) is 15.7. The molecule has 1 saturated heterocycles. The smallest absolute Gasteiger partial charge is 0.266 e. The average Bonchev–Trinajstić information content (AvgIpc) is 2.83. The second kappa shape index (κ2) is 7.95. The highest BCUT2D eigenvalue weighted by atomic mass is 79.9. The highest BCUT2D eigenvalue weighted by Gasteiger charge is 2.33. The highest BCUT2D eigenvalue weighted by molar-refractivity contribution is 9.10. The van der Waals surface area contributed by atoms with Crippen molar-refractivity contribution in [2.45, 2.75) is 0 Å². The molecule has 3 rings (SSSR count). The first-order valence-electron chi connectivity index (χ1n) is 7.39. The Hall–Kier alpha value is -1.96. The van der Waals surface area contributed by atoms with Gasteiger partial charge in [0.2, 0.25) is 5.91 Å². The van der Waals surface area contributed by atoms with E-state index < -0.39 is 0 Å². The van der Waals surface area contributed by atoms with Gasteiger partial charge in [0, 0.05) is 10.2 Å². The minimum atomic E-state index is -0.296. The quantitative estimate of drug-likeness (QED) is 0.578. The standard InChI is InChI=1S/C18H13BrN2O2S2/c19-13-7-4-8-14(10-13)20-16(22)11-21-17(23)15(25-18(21)24)9-12-5-2-1-3-6-12/h1-10H,11H2,(H,20,22)/b15-9+. The van der Waals surface area contributed by atoms with Crippen molar-refractivity contribution in [2.24, 2.45) is 0 Å². The predicted molar refractivity (Wildman–Crippen MR) is 109 cm³/mol. The van der Waals surface area contributed by atoms with Gasteiger partial charge in [-0.1, -0.05) is 76.3 Å². The van der Waals surface area contributed by atoms with Crippen LogP contribution in [0.1, 0.15) is 5.56 Å². The van der Waals surface area contributed by atoms with Gasteiger partial charge in [0.05, 0.1) is 4.91 Å². The first kappa shape index (κ1) is 17.8. The number of thiocarbonyl (C=S) groups is 1. The van der Waals surface area contributed by atoms with Crippen molar-refractivity contribution in [3.8, 4) is 0 Å². The molecule has 0 atom stereocenters. The highest BCUT2D eigenvalue weighted by Crippen LogP contribution is 2.32. The molecule has 25 heavy (non-hydrogen) atoms. The summed E-state index contributed by atoms with van der Waals surface area (Å²) in [6.45, 7) is -0.108. The number of carbonyl (C=O) groups is 2. The Balaban J connectivity index is 1.68. The van der Waals surface area contributed by atoms with Gasteiger partial charge >= 0.3 is 0 Å². The van der Waals surface area contributed by atoms with E-state index in [1.54, 1.807) is 18.2 Å². The number of nitrogens with zero attached hydrogens (tertiary/aromatic N) is 1. The molecule has 0 bridgehead atoms. The molecule has 1 fully saturated rings. The number of thioether (sulfide) groups is 1. The summed E-state index contributed by atoms with van der Waals surface area (Å²) in [5.74, 6) is -0.543. The van der Waals surface area contributed by atoms with Crippen LogP contribution in [0.15, 0.2) is 64.0 Å². The first-order valence-corrected chi connectivity index (χ1v) is 9.40. The number of nitrogens with one attached hydrogen (secondary N) is 1. The van der Waals surface area contributed by atoms with Gasteiger partial charge in [0.25, 0.3) is 5.91 Å². The molecule has 126 valence electrons. The molecule has 7 heteroatoms. The van der Waals surface area contributed by atoms with Gasteiger partial charge in [-0.25, -0.2) is 0 Å². The Labute approximate surface area is 163 Å². The molecule has 1 heterocycles. The summed E-state index contributed by atoms with van der Waals surface area (Å²) in [6.07, 6.45) is 1.78. The molecule has 0 radical (unpaired) electrons. The molecule has 1 N–H and O–H groups in total. The van der Waals surface area contributed by atoms with E-state index in [4.69, 9.17) is 12.2 Å². The van der Waals surface area contributed by atoms with E-state index in [0.29, 0.717) is 14.9 Å². The van der Waals surface area contributed by atoms with Crippen molar-refractivity contribution in [2.75, 3.05) is 11.9 Å². The fraction of sp³-hybridized carbons (Fsp3) is 0.0556. The van der Waals surface area contributed by atoms with Crippen LogP contribution in [-0.4, -0.2) is 27.6 Å². The van der Waals surface area contributed by atoms with Gasteiger partial charge in [-0.05, 0) is 29.8 Å². The topological polar surface area (TPSA) is 49.4 Å². The van der Waals surface area contributed by atoms with Crippen LogP contribution in [0.3, 0.4) is 0 Å². The van der Waals surface area contributed by atoms with Crippen molar-refractivity contribution in [3.05, 3.63) is 69.5 Å². The number of hydrogen-bond acceptors (Lipinski definition) is 4. The lowest BCUT2D eigenvalue weighted by Crippen LogP contribution is -2.36. The van der Waals surface area contributed by atoms with Crippen LogP contribution < -0.4 is 5.32 Å². The van der Waals surface area contributed by atoms with Crippen LogP contribution in [0.5, 0.6) is 0 Å². The Bertz CT molecular complexity index is 868. The largest absolute Gasteiger partial charge is 0.324 e. The zero-order chi connectivity index (χ0) is 17.8. The molecular formula is C18H13BrN2O2S2. The Kier molecular flexibility index (Phi) is 5.67. The number of carbonyl (C=O) groups excluding carboxylic acids is 2. The summed E-state index contributed by atoms with van der Waals surface area (Å²) in [7, 11) is 0. The van der Waals surface area contributed by atoms with Crippen molar-refractivity contribution >= 4 is 67.8 Å². The fourth-order valence-electron chi connectivity index (χ4n) is 2.25. The zero-order valence-electron chi connectivity index (χ0n) is 12.9. The van der Waals surface area contributed by atoms with Crippen molar-refractivity contribution in [1.29, 1.82) is 0 Å². The van der Waals surface area contributed by atoms with Crippen molar-refractivity contribution in [3.63, 3.8) is 0 Å². The number of amides is 2. The van der Waals surface area contributed by atoms with E-state index in [9.17, 15) is 9.59 Å². The summed E-state index contributed by atoms with van der Waals surface area (Å²) in [4.78, 5) is 26.6. The van der Waals surface area contributed by atoms with Crippen molar-refractivity contribution < 1.29 is 9.59 Å². The van der Waals surface area contributed by atoms with Gasteiger partial charge in [0.15, 0.2) is 0 Å². The van der Waals surface area contributed by atoms with Gasteiger partial charge in [-0.3, -0.25) is 14.5 Å². The zero-order valence-corrected chi connectivity index (χ0v) is 16.2. The molecule has 2 aromatic rings. The predicted octanol–water partition coefficient (Wildman–Crippen LogP) is 4.29. The van der Waals surface area contributed by atoms with Gasteiger partial charge < -0.3 is 5.32 Å². The molecule has 0 aliphatic carbocycles. The van der Waals surface area contributed by atoms with Crippen LogP contribution in [0.2, 0.25) is 0 Å². The Morgan fingerprint density at radius 3 is 2.68 bits per heavy atom. The third-order valence-corrected chi connectivity index (χ3v) is 5.25. The lowest BCUT2D eigenvalue weighted by molar-refractivity contribution is -0.126. The van der Waals surface area contributed by atoms with Gasteiger partial charge in [-0.15, -0.1) is 0 Å². The van der Waals surface area contributed by atoms with Crippen molar-refractivity contribution in [1.82, 2.24) is 4.90 Å². The van der Waals surface area contributed by atoms with E-state index in [1.807, 2.05) is 42.5 Å². The summed E-state index contributed by atoms with van der Waals surface area (Å²) in [5.41, 5.74) is 1.58.